The molecule has 0 radical (unpaired) electrons. The summed E-state index contributed by atoms with van der Waals surface area (Å²) in [6.45, 7) is 17.4. The summed E-state index contributed by atoms with van der Waals surface area (Å²) >= 11 is 0. The first-order valence-electron chi connectivity index (χ1n) is 12.9. The van der Waals surface area contributed by atoms with Crippen molar-refractivity contribution in [3.63, 3.8) is 0 Å². The summed E-state index contributed by atoms with van der Waals surface area (Å²) in [5, 5.41) is 31.4. The summed E-state index contributed by atoms with van der Waals surface area (Å²) in [4.78, 5) is 24.0. The van der Waals surface area contributed by atoms with Crippen molar-refractivity contribution >= 4 is 11.9 Å². The lowest BCUT2D eigenvalue weighted by atomic mass is 9.52. The Balaban J connectivity index is 2.40. The molecule has 0 aromatic rings. The van der Waals surface area contributed by atoms with Crippen molar-refractivity contribution < 1.29 is 19.8 Å². The zero-order chi connectivity index (χ0) is 25.3. The van der Waals surface area contributed by atoms with Crippen molar-refractivity contribution in [2.75, 3.05) is 0 Å². The fourth-order valence-corrected chi connectivity index (χ4v) is 7.59. The summed E-state index contributed by atoms with van der Waals surface area (Å²) in [6, 6.07) is 0. The monoisotopic (exact) mass is 464 g/mol. The Kier molecular flexibility index (Phi) is 8.39. The van der Waals surface area contributed by atoms with Gasteiger partial charge in [0, 0.05) is 39.5 Å². The average molecular weight is 465 g/mol. The molecule has 2 N–H and O–H groups in total. The molecule has 0 aromatic carbocycles. The molecule has 6 nitrogen and oxygen atoms in total. The number of carboxylic acids is 2. The fourth-order valence-electron chi connectivity index (χ4n) is 7.59. The van der Waals surface area contributed by atoms with E-state index >= 15 is 0 Å². The number of nitrogens with one attached hydrogen (secondary N) is 2. The third-order valence-electron chi connectivity index (χ3n) is 7.94. The van der Waals surface area contributed by atoms with Crippen LogP contribution in [-0.2, 0) is 9.59 Å². The molecule has 2 aliphatic rings. The number of aliphatic carboxylic acids is 2. The second-order valence-corrected chi connectivity index (χ2v) is 13.6. The van der Waals surface area contributed by atoms with Crippen molar-refractivity contribution in [1.82, 2.24) is 10.6 Å². The van der Waals surface area contributed by atoms with E-state index in [-0.39, 0.29) is 40.4 Å². The molecule has 192 valence electrons. The molecular weight excluding hydrogens is 416 g/mol. The van der Waals surface area contributed by atoms with E-state index in [1.54, 1.807) is 0 Å². The number of carbonyl (C=O) groups is 2. The van der Waals surface area contributed by atoms with Gasteiger partial charge >= 0.3 is 0 Å². The number of hydrogen-bond acceptors (Lipinski definition) is 6. The van der Waals surface area contributed by atoms with Crippen LogP contribution < -0.4 is 20.8 Å². The number of rotatable bonds is 10. The van der Waals surface area contributed by atoms with E-state index in [1.165, 1.54) is 0 Å². The second-order valence-electron chi connectivity index (χ2n) is 13.6. The molecule has 33 heavy (non-hydrogen) atoms. The molecule has 6 heteroatoms. The van der Waals surface area contributed by atoms with Gasteiger partial charge < -0.3 is 30.4 Å². The minimum atomic E-state index is -1.02. The van der Waals surface area contributed by atoms with E-state index in [2.05, 4.69) is 66.0 Å². The van der Waals surface area contributed by atoms with Crippen molar-refractivity contribution in [3.8, 4) is 0 Å². The number of carboxylic acid groups (broad SMARTS) is 2. The van der Waals surface area contributed by atoms with E-state index in [0.29, 0.717) is 12.8 Å². The second kappa shape index (κ2) is 9.85. The van der Waals surface area contributed by atoms with E-state index < -0.39 is 17.4 Å². The number of carbonyl (C=O) groups excluding carboxylic acids is 2. The molecule has 2 heterocycles. The molecule has 0 bridgehead atoms. The van der Waals surface area contributed by atoms with Crippen LogP contribution in [0.2, 0.25) is 0 Å². The fraction of sp³-hybridized carbons (Fsp3) is 0.926. The number of hydrogen-bond donors (Lipinski definition) is 2. The highest BCUT2D eigenvalue weighted by Crippen LogP contribution is 2.55. The third-order valence-corrected chi connectivity index (χ3v) is 7.94. The lowest BCUT2D eigenvalue weighted by Crippen LogP contribution is -2.67. The molecule has 0 unspecified atom stereocenters. The van der Waals surface area contributed by atoms with Gasteiger partial charge in [-0.15, -0.1) is 0 Å². The van der Waals surface area contributed by atoms with Crippen LogP contribution in [0.25, 0.3) is 0 Å². The molecule has 2 aliphatic heterocycles. The van der Waals surface area contributed by atoms with Crippen LogP contribution in [0.15, 0.2) is 0 Å². The van der Waals surface area contributed by atoms with Gasteiger partial charge in [-0.1, -0.05) is 19.3 Å². The lowest BCUT2D eigenvalue weighted by molar-refractivity contribution is -0.329. The highest BCUT2D eigenvalue weighted by Gasteiger charge is 2.55. The largest absolute Gasteiger partial charge is 0.550 e. The van der Waals surface area contributed by atoms with Crippen LogP contribution in [0.5, 0.6) is 0 Å². The van der Waals surface area contributed by atoms with Crippen LogP contribution in [0.4, 0.5) is 0 Å². The molecular formula is C27H48N2O4-2. The summed E-state index contributed by atoms with van der Waals surface area (Å²) in [7, 11) is 0. The van der Waals surface area contributed by atoms with Crippen LogP contribution >= 0.6 is 0 Å². The highest BCUT2D eigenvalue weighted by atomic mass is 16.4. The van der Waals surface area contributed by atoms with E-state index in [1.807, 2.05) is 0 Å². The summed E-state index contributed by atoms with van der Waals surface area (Å²) in [5.41, 5.74) is -1.51. The molecule has 2 saturated heterocycles. The Morgan fingerprint density at radius 1 is 0.697 bits per heavy atom. The molecule has 0 atom stereocenters. The van der Waals surface area contributed by atoms with E-state index in [0.717, 1.165) is 44.9 Å². The molecule has 0 spiro atoms. The van der Waals surface area contributed by atoms with Gasteiger partial charge in [0.05, 0.1) is 0 Å². The van der Waals surface area contributed by atoms with Gasteiger partial charge in [0.15, 0.2) is 0 Å². The molecule has 0 saturated carbocycles. The van der Waals surface area contributed by atoms with Gasteiger partial charge in [0.25, 0.3) is 0 Å². The van der Waals surface area contributed by atoms with E-state index in [4.69, 9.17) is 0 Å². The predicted molar refractivity (Wildman–Crippen MR) is 128 cm³/mol. The first-order chi connectivity index (χ1) is 14.9. The molecule has 2 rings (SSSR count). The van der Waals surface area contributed by atoms with Gasteiger partial charge in [-0.05, 0) is 112 Å². The van der Waals surface area contributed by atoms with E-state index in [9.17, 15) is 19.8 Å². The van der Waals surface area contributed by atoms with Crippen molar-refractivity contribution in [2.24, 2.45) is 17.3 Å². The molecule has 0 aliphatic carbocycles. The van der Waals surface area contributed by atoms with Gasteiger partial charge in [-0.3, -0.25) is 0 Å². The average Bonchev–Trinajstić information content (AvgIpc) is 2.55. The predicted octanol–water partition coefficient (Wildman–Crippen LogP) is 2.93. The highest BCUT2D eigenvalue weighted by molar-refractivity contribution is 5.73. The van der Waals surface area contributed by atoms with Gasteiger partial charge in [0.1, 0.15) is 0 Å². The van der Waals surface area contributed by atoms with Gasteiger partial charge in [-0.25, -0.2) is 0 Å². The van der Waals surface area contributed by atoms with Crippen LogP contribution in [0.3, 0.4) is 0 Å². The Labute approximate surface area is 201 Å². The maximum Gasteiger partial charge on any atom is 0.0481 e. The van der Waals surface area contributed by atoms with Crippen LogP contribution in [0.1, 0.15) is 120 Å². The zero-order valence-electron chi connectivity index (χ0n) is 22.4. The Morgan fingerprint density at radius 3 is 1.39 bits per heavy atom. The van der Waals surface area contributed by atoms with Crippen molar-refractivity contribution in [2.45, 2.75) is 142 Å². The molecule has 2 fully saturated rings. The maximum absolute atomic E-state index is 13.2. The Hall–Kier alpha value is -1.14. The number of piperidine rings is 2. The zero-order valence-corrected chi connectivity index (χ0v) is 22.4. The molecule has 0 amide bonds. The smallest absolute Gasteiger partial charge is 0.0481 e. The van der Waals surface area contributed by atoms with Crippen molar-refractivity contribution in [1.29, 1.82) is 0 Å². The summed E-state index contributed by atoms with van der Waals surface area (Å²) in [5.74, 6) is -1.87. The quantitative estimate of drug-likeness (QED) is 0.482. The van der Waals surface area contributed by atoms with Gasteiger partial charge in [0.2, 0.25) is 0 Å². The summed E-state index contributed by atoms with van der Waals surface area (Å²) < 4.78 is 0. The minimum Gasteiger partial charge on any atom is -0.550 e. The SMILES string of the molecule is CC1(C)CC(C(CCCCCCC(=O)[O-])(C(=O)[O-])C2CC(C)(C)NC(C)(C)C2)CC(C)(C)N1. The van der Waals surface area contributed by atoms with Crippen molar-refractivity contribution in [3.05, 3.63) is 0 Å². The minimum absolute atomic E-state index is 0.0201. The van der Waals surface area contributed by atoms with Gasteiger partial charge in [-0.2, -0.15) is 0 Å². The first kappa shape index (κ1) is 28.1. The standard InChI is InChI=1S/C27H50N2O4/c1-23(2)15-19(16-24(3,4)28-23)27(22(32)33,14-12-10-9-11-13-21(30)31)20-17-25(5,6)29-26(7,8)18-20/h19-20,28-29H,9-18H2,1-8H3,(H,30,31)(H,32,33)/p-2. The van der Waals surface area contributed by atoms with Crippen LogP contribution in [0, 0.1) is 17.3 Å². The first-order valence-corrected chi connectivity index (χ1v) is 12.9. The maximum atomic E-state index is 13.2. The number of unbranched alkanes of at least 4 members (excludes halogenated alkanes) is 3. The van der Waals surface area contributed by atoms with Crippen LogP contribution in [-0.4, -0.2) is 34.1 Å². The Morgan fingerprint density at radius 2 is 1.06 bits per heavy atom. The molecule has 0 aromatic heterocycles. The third kappa shape index (κ3) is 7.42. The normalized spacial score (nSPS) is 25.0. The summed E-state index contributed by atoms with van der Waals surface area (Å²) in [6.07, 6.45) is 6.85. The Bertz CT molecular complexity index is 641. The topological polar surface area (TPSA) is 104 Å². The lowest BCUT2D eigenvalue weighted by Gasteiger charge is -2.59.